The van der Waals surface area contributed by atoms with E-state index in [1.807, 2.05) is 38.4 Å². The number of carbonyl (C=O) groups excluding carboxylic acids is 1. The van der Waals surface area contributed by atoms with Crippen LogP contribution in [0.2, 0.25) is 0 Å². The summed E-state index contributed by atoms with van der Waals surface area (Å²) in [5.74, 6) is -0.504. The van der Waals surface area contributed by atoms with E-state index >= 15 is 0 Å². The zero-order valence-electron chi connectivity index (χ0n) is 14.7. The van der Waals surface area contributed by atoms with Gasteiger partial charge in [0.25, 0.3) is 5.91 Å². The fourth-order valence-corrected chi connectivity index (χ4v) is 2.78. The Balaban J connectivity index is 1.86. The van der Waals surface area contributed by atoms with E-state index in [0.29, 0.717) is 11.3 Å². The van der Waals surface area contributed by atoms with Gasteiger partial charge in [-0.15, -0.1) is 0 Å². The van der Waals surface area contributed by atoms with Crippen LogP contribution >= 0.6 is 0 Å². The Morgan fingerprint density at radius 1 is 1.20 bits per heavy atom. The number of amides is 1. The molecule has 0 saturated heterocycles. The lowest BCUT2D eigenvalue weighted by Crippen LogP contribution is -2.27. The van der Waals surface area contributed by atoms with Crippen LogP contribution in [-0.2, 0) is 0 Å². The molecule has 130 valence electrons. The molecule has 3 rings (SSSR count). The van der Waals surface area contributed by atoms with Gasteiger partial charge in [0.2, 0.25) is 0 Å². The highest BCUT2D eigenvalue weighted by Crippen LogP contribution is 2.20. The minimum atomic E-state index is -0.296. The number of nitrogens with zero attached hydrogens (tertiary/aromatic N) is 3. The molecule has 1 aromatic carbocycles. The molecule has 5 nitrogen and oxygen atoms in total. The van der Waals surface area contributed by atoms with Gasteiger partial charge in [-0.3, -0.25) is 4.79 Å². The number of nitrogens with one attached hydrogen (secondary N) is 1. The topological polar surface area (TPSA) is 59.8 Å². The quantitative estimate of drug-likeness (QED) is 0.782. The number of pyridine rings is 1. The van der Waals surface area contributed by atoms with E-state index in [-0.39, 0.29) is 23.8 Å². The van der Waals surface area contributed by atoms with Crippen molar-refractivity contribution >= 4 is 16.9 Å². The van der Waals surface area contributed by atoms with Gasteiger partial charge in [0.05, 0.1) is 23.5 Å². The van der Waals surface area contributed by atoms with Crippen molar-refractivity contribution in [1.29, 1.82) is 0 Å². The maximum absolute atomic E-state index is 13.0. The summed E-state index contributed by atoms with van der Waals surface area (Å²) in [5, 5.41) is 8.11. The van der Waals surface area contributed by atoms with E-state index in [1.165, 1.54) is 12.1 Å². The maximum Gasteiger partial charge on any atom is 0.253 e. The molecule has 0 spiro atoms. The average molecular weight is 340 g/mol. The number of halogens is 1. The second kappa shape index (κ2) is 6.63. The Morgan fingerprint density at radius 3 is 2.52 bits per heavy atom. The highest BCUT2D eigenvalue weighted by molar-refractivity contribution is 5.98. The van der Waals surface area contributed by atoms with E-state index < -0.39 is 0 Å². The zero-order chi connectivity index (χ0) is 18.1. The van der Waals surface area contributed by atoms with Crippen LogP contribution in [0.3, 0.4) is 0 Å². The third kappa shape index (κ3) is 3.38. The van der Waals surface area contributed by atoms with E-state index in [9.17, 15) is 9.18 Å². The van der Waals surface area contributed by atoms with Gasteiger partial charge >= 0.3 is 0 Å². The Hall–Kier alpha value is -2.76. The molecule has 0 aliphatic heterocycles. The monoisotopic (exact) mass is 340 g/mol. The van der Waals surface area contributed by atoms with Crippen molar-refractivity contribution in [1.82, 2.24) is 20.1 Å². The van der Waals surface area contributed by atoms with Crippen molar-refractivity contribution in [3.05, 3.63) is 59.2 Å². The Kier molecular flexibility index (Phi) is 4.53. The predicted octanol–water partition coefficient (Wildman–Crippen LogP) is 3.95. The van der Waals surface area contributed by atoms with E-state index in [1.54, 1.807) is 18.3 Å². The molecule has 0 radical (unpaired) electrons. The van der Waals surface area contributed by atoms with Gasteiger partial charge in [-0.25, -0.2) is 14.1 Å². The van der Waals surface area contributed by atoms with Crippen LogP contribution in [0.25, 0.3) is 11.0 Å². The van der Waals surface area contributed by atoms with Gasteiger partial charge in [-0.05, 0) is 51.5 Å². The van der Waals surface area contributed by atoms with Gasteiger partial charge in [-0.1, -0.05) is 12.1 Å². The molecule has 3 aromatic rings. The van der Waals surface area contributed by atoms with Gasteiger partial charge in [0.15, 0.2) is 5.65 Å². The van der Waals surface area contributed by atoms with Crippen molar-refractivity contribution in [2.24, 2.45) is 0 Å². The standard InChI is InChI=1S/C19H21FN4O/c1-11(2)24-18-15(10-21-24)9-17(13(4)22-18)19(25)23-12(3)14-5-7-16(20)8-6-14/h5-12H,1-4H3,(H,23,25). The van der Waals surface area contributed by atoms with Crippen molar-refractivity contribution in [3.8, 4) is 0 Å². The van der Waals surface area contributed by atoms with Crippen molar-refractivity contribution in [2.45, 2.75) is 39.8 Å². The molecule has 1 amide bonds. The van der Waals surface area contributed by atoms with Gasteiger partial charge in [-0.2, -0.15) is 5.10 Å². The minimum absolute atomic E-state index is 0.197. The summed E-state index contributed by atoms with van der Waals surface area (Å²) in [6.45, 7) is 7.75. The third-order valence-electron chi connectivity index (χ3n) is 4.21. The van der Waals surface area contributed by atoms with Crippen LogP contribution in [0.1, 0.15) is 54.5 Å². The summed E-state index contributed by atoms with van der Waals surface area (Å²) in [6, 6.07) is 7.89. The van der Waals surface area contributed by atoms with Crippen LogP contribution < -0.4 is 5.32 Å². The average Bonchev–Trinajstić information content (AvgIpc) is 2.97. The maximum atomic E-state index is 13.0. The summed E-state index contributed by atoms with van der Waals surface area (Å²) in [7, 11) is 0. The highest BCUT2D eigenvalue weighted by atomic mass is 19.1. The first-order chi connectivity index (χ1) is 11.9. The number of benzene rings is 1. The zero-order valence-corrected chi connectivity index (χ0v) is 14.7. The van der Waals surface area contributed by atoms with Crippen molar-refractivity contribution < 1.29 is 9.18 Å². The molecule has 1 N–H and O–H groups in total. The van der Waals surface area contributed by atoms with E-state index in [0.717, 1.165) is 16.6 Å². The number of aryl methyl sites for hydroxylation is 1. The second-order valence-corrected chi connectivity index (χ2v) is 6.46. The van der Waals surface area contributed by atoms with Crippen LogP contribution in [-0.4, -0.2) is 20.7 Å². The first-order valence-corrected chi connectivity index (χ1v) is 8.28. The van der Waals surface area contributed by atoms with Crippen LogP contribution in [0, 0.1) is 12.7 Å². The molecule has 6 heteroatoms. The molecule has 0 fully saturated rings. The molecule has 2 heterocycles. The summed E-state index contributed by atoms with van der Waals surface area (Å²) < 4.78 is 14.9. The number of aromatic nitrogens is 3. The minimum Gasteiger partial charge on any atom is -0.345 e. The SMILES string of the molecule is Cc1nc2c(cnn2C(C)C)cc1C(=O)NC(C)c1ccc(F)cc1. The fraction of sp³-hybridized carbons (Fsp3) is 0.316. The van der Waals surface area contributed by atoms with E-state index in [2.05, 4.69) is 15.4 Å². The number of hydrogen-bond acceptors (Lipinski definition) is 3. The van der Waals surface area contributed by atoms with Gasteiger partial charge in [0.1, 0.15) is 5.82 Å². The summed E-state index contributed by atoms with van der Waals surface area (Å²) in [5.41, 5.74) is 2.79. The molecule has 0 aliphatic rings. The molecule has 2 aromatic heterocycles. The fourth-order valence-electron chi connectivity index (χ4n) is 2.78. The Labute approximate surface area is 145 Å². The lowest BCUT2D eigenvalue weighted by atomic mass is 10.1. The summed E-state index contributed by atoms with van der Waals surface area (Å²) in [4.78, 5) is 17.2. The number of carbonyl (C=O) groups is 1. The second-order valence-electron chi connectivity index (χ2n) is 6.46. The Bertz CT molecular complexity index is 915. The largest absolute Gasteiger partial charge is 0.345 e. The van der Waals surface area contributed by atoms with E-state index in [4.69, 9.17) is 0 Å². The van der Waals surface area contributed by atoms with Gasteiger partial charge < -0.3 is 5.32 Å². The lowest BCUT2D eigenvalue weighted by Gasteiger charge is -2.15. The van der Waals surface area contributed by atoms with Crippen LogP contribution in [0.5, 0.6) is 0 Å². The van der Waals surface area contributed by atoms with Crippen molar-refractivity contribution in [3.63, 3.8) is 0 Å². The molecule has 0 saturated carbocycles. The highest BCUT2D eigenvalue weighted by Gasteiger charge is 2.17. The molecular formula is C19H21FN4O. The normalized spacial score (nSPS) is 12.6. The number of rotatable bonds is 4. The molecular weight excluding hydrogens is 319 g/mol. The van der Waals surface area contributed by atoms with Crippen LogP contribution in [0.15, 0.2) is 36.5 Å². The molecule has 0 aliphatic carbocycles. The molecule has 0 bridgehead atoms. The Morgan fingerprint density at radius 2 is 1.88 bits per heavy atom. The summed E-state index contributed by atoms with van der Waals surface area (Å²) in [6.07, 6.45) is 1.72. The first kappa shape index (κ1) is 17.1. The number of hydrogen-bond donors (Lipinski definition) is 1. The predicted molar refractivity (Wildman–Crippen MR) is 94.9 cm³/mol. The lowest BCUT2D eigenvalue weighted by molar-refractivity contribution is 0.0939. The van der Waals surface area contributed by atoms with Crippen molar-refractivity contribution in [2.75, 3.05) is 0 Å². The van der Waals surface area contributed by atoms with Gasteiger partial charge in [0, 0.05) is 11.4 Å². The third-order valence-corrected chi connectivity index (χ3v) is 4.21. The summed E-state index contributed by atoms with van der Waals surface area (Å²) >= 11 is 0. The smallest absolute Gasteiger partial charge is 0.253 e. The molecule has 1 unspecified atom stereocenters. The molecule has 25 heavy (non-hydrogen) atoms. The first-order valence-electron chi connectivity index (χ1n) is 8.28. The van der Waals surface area contributed by atoms with Crippen LogP contribution in [0.4, 0.5) is 4.39 Å². The number of fused-ring (bicyclic) bond motifs is 1. The molecule has 1 atom stereocenters.